The summed E-state index contributed by atoms with van der Waals surface area (Å²) in [6, 6.07) is 22.3. The van der Waals surface area contributed by atoms with Gasteiger partial charge in [0.1, 0.15) is 5.75 Å². The molecule has 0 radical (unpaired) electrons. The van der Waals surface area contributed by atoms with E-state index in [4.69, 9.17) is 9.47 Å². The maximum atomic E-state index is 11.7. The third-order valence-electron chi connectivity index (χ3n) is 5.77. The van der Waals surface area contributed by atoms with Gasteiger partial charge in [-0.3, -0.25) is 5.32 Å². The first-order valence-corrected chi connectivity index (χ1v) is 10.2. The van der Waals surface area contributed by atoms with E-state index in [-0.39, 0.29) is 12.0 Å². The summed E-state index contributed by atoms with van der Waals surface area (Å²) >= 11 is 0. The molecule has 3 aromatic carbocycles. The number of ether oxygens (including phenoxy) is 2. The largest absolute Gasteiger partial charge is 0.473 e. The number of hydrogen-bond donors (Lipinski definition) is 1. The van der Waals surface area contributed by atoms with Gasteiger partial charge >= 0.3 is 5.97 Å². The summed E-state index contributed by atoms with van der Waals surface area (Å²) < 4.78 is 11.2. The Bertz CT molecular complexity index is 985. The van der Waals surface area contributed by atoms with Crippen LogP contribution < -0.4 is 10.1 Å². The highest BCUT2D eigenvalue weighted by atomic mass is 16.5. The van der Waals surface area contributed by atoms with Gasteiger partial charge in [0.2, 0.25) is 0 Å². The van der Waals surface area contributed by atoms with Crippen LogP contribution in [0.2, 0.25) is 0 Å². The van der Waals surface area contributed by atoms with Gasteiger partial charge in [-0.15, -0.1) is 0 Å². The number of benzene rings is 3. The Morgan fingerprint density at radius 1 is 0.966 bits per heavy atom. The van der Waals surface area contributed by atoms with E-state index >= 15 is 0 Å². The van der Waals surface area contributed by atoms with Crippen LogP contribution in [0, 0.1) is 0 Å². The normalized spacial score (nSPS) is 16.5. The van der Waals surface area contributed by atoms with Gasteiger partial charge in [-0.25, -0.2) is 4.79 Å². The minimum atomic E-state index is -0.400. The second-order valence-corrected chi connectivity index (χ2v) is 7.75. The van der Waals surface area contributed by atoms with Crippen LogP contribution in [0.25, 0.3) is 10.8 Å². The summed E-state index contributed by atoms with van der Waals surface area (Å²) in [4.78, 5) is 11.7. The second kappa shape index (κ2) is 8.26. The lowest BCUT2D eigenvalue weighted by molar-refractivity contribution is 0.0291. The third-order valence-corrected chi connectivity index (χ3v) is 5.77. The van der Waals surface area contributed by atoms with Crippen LogP contribution in [0.1, 0.15) is 54.6 Å². The number of carbonyl (C=O) groups is 1. The number of methoxy groups -OCH3 is 1. The molecule has 1 saturated carbocycles. The Morgan fingerprint density at radius 2 is 1.66 bits per heavy atom. The van der Waals surface area contributed by atoms with Crippen molar-refractivity contribution < 1.29 is 14.3 Å². The van der Waals surface area contributed by atoms with Gasteiger partial charge < -0.3 is 9.47 Å². The highest BCUT2D eigenvalue weighted by Gasteiger charge is 2.37. The molecule has 3 aromatic rings. The van der Waals surface area contributed by atoms with Crippen LogP contribution in [-0.2, 0) is 4.74 Å². The van der Waals surface area contributed by atoms with Gasteiger partial charge in [0.15, 0.2) is 5.72 Å². The smallest absolute Gasteiger partial charge is 0.337 e. The average Bonchev–Trinajstić information content (AvgIpc) is 3.21. The molecule has 1 atom stereocenters. The number of nitrogens with one attached hydrogen (secondary N) is 1. The molecule has 0 amide bonds. The van der Waals surface area contributed by atoms with Crippen molar-refractivity contribution in [3.8, 4) is 5.75 Å². The lowest BCUT2D eigenvalue weighted by Crippen LogP contribution is -2.49. The number of rotatable bonds is 6. The third kappa shape index (κ3) is 4.13. The Morgan fingerprint density at radius 3 is 2.38 bits per heavy atom. The molecule has 4 nitrogen and oxygen atoms in total. The highest BCUT2D eigenvalue weighted by Crippen LogP contribution is 2.35. The van der Waals surface area contributed by atoms with Gasteiger partial charge in [-0.1, -0.05) is 42.5 Å². The van der Waals surface area contributed by atoms with Crippen LogP contribution >= 0.6 is 0 Å². The van der Waals surface area contributed by atoms with Crippen molar-refractivity contribution in [2.24, 2.45) is 0 Å². The molecule has 150 valence electrons. The molecule has 1 aliphatic rings. The van der Waals surface area contributed by atoms with E-state index in [9.17, 15) is 4.79 Å². The van der Waals surface area contributed by atoms with Gasteiger partial charge in [0.05, 0.1) is 12.7 Å². The first kappa shape index (κ1) is 19.5. The first-order chi connectivity index (χ1) is 14.1. The molecule has 0 saturated heterocycles. The van der Waals surface area contributed by atoms with E-state index in [0.717, 1.165) is 31.4 Å². The number of fused-ring (bicyclic) bond motifs is 1. The summed E-state index contributed by atoms with van der Waals surface area (Å²) in [6.07, 6.45) is 4.19. The first-order valence-electron chi connectivity index (χ1n) is 10.2. The summed E-state index contributed by atoms with van der Waals surface area (Å²) in [6.45, 7) is 2.20. The van der Waals surface area contributed by atoms with E-state index in [1.165, 1.54) is 23.4 Å². The van der Waals surface area contributed by atoms with Gasteiger partial charge in [0.25, 0.3) is 0 Å². The van der Waals surface area contributed by atoms with E-state index in [1.54, 1.807) is 12.1 Å². The monoisotopic (exact) mass is 389 g/mol. The van der Waals surface area contributed by atoms with E-state index in [0.29, 0.717) is 5.56 Å². The molecule has 1 aliphatic carbocycles. The minimum absolute atomic E-state index is 0.147. The zero-order valence-corrected chi connectivity index (χ0v) is 17.0. The van der Waals surface area contributed by atoms with Crippen molar-refractivity contribution in [3.63, 3.8) is 0 Å². The number of carbonyl (C=O) groups excluding carboxylic acids is 1. The van der Waals surface area contributed by atoms with Gasteiger partial charge in [-0.05, 0) is 60.4 Å². The summed E-state index contributed by atoms with van der Waals surface area (Å²) in [7, 11) is 1.39. The predicted octanol–water partition coefficient (Wildman–Crippen LogP) is 5.63. The molecule has 1 unspecified atom stereocenters. The summed E-state index contributed by atoms with van der Waals surface area (Å²) in [5, 5.41) is 6.30. The van der Waals surface area contributed by atoms with Crippen molar-refractivity contribution in [3.05, 3.63) is 77.9 Å². The number of hydrogen-bond acceptors (Lipinski definition) is 4. The molecular weight excluding hydrogens is 362 g/mol. The molecule has 4 heteroatoms. The molecule has 0 aliphatic heterocycles. The van der Waals surface area contributed by atoms with Gasteiger partial charge in [-0.2, -0.15) is 0 Å². The highest BCUT2D eigenvalue weighted by molar-refractivity contribution is 5.89. The lowest BCUT2D eigenvalue weighted by atomic mass is 9.98. The maximum absolute atomic E-state index is 11.7. The molecule has 0 heterocycles. The fourth-order valence-electron chi connectivity index (χ4n) is 4.32. The molecule has 29 heavy (non-hydrogen) atoms. The Hall–Kier alpha value is -2.85. The van der Waals surface area contributed by atoms with Crippen molar-refractivity contribution in [2.75, 3.05) is 7.11 Å². The van der Waals surface area contributed by atoms with Crippen molar-refractivity contribution in [1.29, 1.82) is 0 Å². The average molecular weight is 389 g/mol. The molecule has 1 fully saturated rings. The Balaban J connectivity index is 1.56. The topological polar surface area (TPSA) is 47.6 Å². The maximum Gasteiger partial charge on any atom is 0.337 e. The van der Waals surface area contributed by atoms with E-state index < -0.39 is 5.72 Å². The molecule has 0 aromatic heterocycles. The number of esters is 1. The second-order valence-electron chi connectivity index (χ2n) is 7.75. The van der Waals surface area contributed by atoms with E-state index in [2.05, 4.69) is 54.7 Å². The van der Waals surface area contributed by atoms with Crippen molar-refractivity contribution in [2.45, 2.75) is 44.4 Å². The minimum Gasteiger partial charge on any atom is -0.473 e. The Labute approximate surface area is 171 Å². The summed E-state index contributed by atoms with van der Waals surface area (Å²) in [5.41, 5.74) is 1.40. The van der Waals surface area contributed by atoms with Crippen LogP contribution in [0.4, 0.5) is 0 Å². The standard InChI is InChI=1S/C25H27NO3/c1-18(22-11-7-9-19-8-3-4-10-23(19)22)26-25(16-5-6-17-25)29-21-14-12-20(13-15-21)24(27)28-2/h3-4,7-15,18,26H,5-6,16-17H2,1-2H3. The van der Waals surface area contributed by atoms with E-state index in [1.807, 2.05) is 12.1 Å². The van der Waals surface area contributed by atoms with Crippen LogP contribution in [0.15, 0.2) is 66.7 Å². The SMILES string of the molecule is COC(=O)c1ccc(OC2(NC(C)c3cccc4ccccc34)CCCC2)cc1. The van der Waals surface area contributed by atoms with Crippen molar-refractivity contribution in [1.82, 2.24) is 5.32 Å². The Kier molecular flexibility index (Phi) is 5.54. The van der Waals surface area contributed by atoms with Gasteiger partial charge in [0, 0.05) is 18.9 Å². The van der Waals surface area contributed by atoms with Crippen LogP contribution in [0.5, 0.6) is 5.75 Å². The quantitative estimate of drug-likeness (QED) is 0.439. The summed E-state index contributed by atoms with van der Waals surface area (Å²) in [5.74, 6) is 0.423. The predicted molar refractivity (Wildman–Crippen MR) is 115 cm³/mol. The lowest BCUT2D eigenvalue weighted by Gasteiger charge is -2.35. The molecule has 4 rings (SSSR count). The van der Waals surface area contributed by atoms with Crippen molar-refractivity contribution >= 4 is 16.7 Å². The molecular formula is C25H27NO3. The van der Waals surface area contributed by atoms with Crippen LogP contribution in [0.3, 0.4) is 0 Å². The molecule has 0 bridgehead atoms. The fourth-order valence-corrected chi connectivity index (χ4v) is 4.32. The van der Waals surface area contributed by atoms with Crippen LogP contribution in [-0.4, -0.2) is 18.8 Å². The zero-order valence-electron chi connectivity index (χ0n) is 17.0. The zero-order chi connectivity index (χ0) is 20.3. The molecule has 0 spiro atoms. The fraction of sp³-hybridized carbons (Fsp3) is 0.320. The molecule has 1 N–H and O–H groups in total.